The van der Waals surface area contributed by atoms with E-state index in [1.54, 1.807) is 17.0 Å². The maximum Gasteiger partial charge on any atom is 0.255 e. The molecule has 0 radical (unpaired) electrons. The lowest BCUT2D eigenvalue weighted by molar-refractivity contribution is -0.133. The zero-order valence-corrected chi connectivity index (χ0v) is 29.2. The van der Waals surface area contributed by atoms with Crippen molar-refractivity contribution in [2.45, 2.75) is 63.6 Å². The van der Waals surface area contributed by atoms with Crippen molar-refractivity contribution < 1.29 is 18.8 Å². The number of carbonyl (C=O) groups excluding carboxylic acids is 3. The van der Waals surface area contributed by atoms with Gasteiger partial charge in [-0.2, -0.15) is 0 Å². The molecule has 10 nitrogen and oxygen atoms in total. The molecule has 9 rings (SSSR count). The number of hydrogen-bond acceptors (Lipinski definition) is 8. The summed E-state index contributed by atoms with van der Waals surface area (Å²) < 4.78 is 15.9. The van der Waals surface area contributed by atoms with Gasteiger partial charge in [0, 0.05) is 49.6 Å². The third kappa shape index (κ3) is 6.32. The Labute approximate surface area is 306 Å². The van der Waals surface area contributed by atoms with E-state index in [4.69, 9.17) is 10.1 Å². The van der Waals surface area contributed by atoms with E-state index in [1.165, 1.54) is 6.07 Å². The first-order chi connectivity index (χ1) is 25.9. The smallest absolute Gasteiger partial charge is 0.255 e. The number of halogens is 1. The summed E-state index contributed by atoms with van der Waals surface area (Å²) in [5.74, 6) is 8.21. The summed E-state index contributed by atoms with van der Waals surface area (Å²) in [4.78, 5) is 53.1. The molecular formula is C42H38FN7O3. The first kappa shape index (κ1) is 33.0. The minimum atomic E-state index is -0.520. The second kappa shape index (κ2) is 13.6. The zero-order valence-electron chi connectivity index (χ0n) is 29.2. The van der Waals surface area contributed by atoms with Crippen LogP contribution in [0.2, 0.25) is 0 Å². The molecule has 1 unspecified atom stereocenters. The highest BCUT2D eigenvalue weighted by atomic mass is 19.1. The largest absolute Gasteiger partial charge is 0.357 e. The Hall–Kier alpha value is -5.89. The molecule has 11 heteroatoms. The van der Waals surface area contributed by atoms with Crippen LogP contribution in [-0.2, 0) is 16.1 Å². The molecule has 4 aliphatic rings. The quantitative estimate of drug-likeness (QED) is 0.158. The van der Waals surface area contributed by atoms with E-state index >= 15 is 0 Å². The minimum absolute atomic E-state index is 0.0460. The van der Waals surface area contributed by atoms with Crippen molar-refractivity contribution in [2.24, 2.45) is 5.92 Å². The first-order valence-electron chi connectivity index (χ1n) is 18.5. The minimum Gasteiger partial charge on any atom is -0.357 e. The molecule has 53 heavy (non-hydrogen) atoms. The van der Waals surface area contributed by atoms with Crippen LogP contribution >= 0.6 is 0 Å². The average molecular weight is 708 g/mol. The van der Waals surface area contributed by atoms with Crippen LogP contribution in [0.25, 0.3) is 17.0 Å². The molecule has 2 atom stereocenters. The van der Waals surface area contributed by atoms with E-state index in [0.717, 1.165) is 90.7 Å². The van der Waals surface area contributed by atoms with Crippen LogP contribution in [0.3, 0.4) is 0 Å². The summed E-state index contributed by atoms with van der Waals surface area (Å²) in [5, 5.41) is 5.02. The number of benzene rings is 2. The molecule has 1 amide bonds. The maximum absolute atomic E-state index is 14.1. The Morgan fingerprint density at radius 2 is 1.68 bits per heavy atom. The highest BCUT2D eigenvalue weighted by molar-refractivity contribution is 6.07. The summed E-state index contributed by atoms with van der Waals surface area (Å²) in [6, 6.07) is 22.1. The predicted octanol–water partition coefficient (Wildman–Crippen LogP) is 6.19. The van der Waals surface area contributed by atoms with E-state index < -0.39 is 6.04 Å². The number of imidazole rings is 1. The van der Waals surface area contributed by atoms with E-state index in [-0.39, 0.29) is 41.7 Å². The monoisotopic (exact) mass is 707 g/mol. The lowest BCUT2D eigenvalue weighted by Gasteiger charge is -2.31. The summed E-state index contributed by atoms with van der Waals surface area (Å²) in [6.45, 7) is 2.88. The number of rotatable bonds is 5. The highest BCUT2D eigenvalue weighted by Crippen LogP contribution is 2.36. The van der Waals surface area contributed by atoms with Crippen molar-refractivity contribution in [3.63, 3.8) is 0 Å². The molecule has 6 heterocycles. The van der Waals surface area contributed by atoms with Gasteiger partial charge in [0.1, 0.15) is 28.9 Å². The third-order valence-corrected chi connectivity index (χ3v) is 11.1. The Morgan fingerprint density at radius 1 is 0.811 bits per heavy atom. The molecule has 2 aromatic carbocycles. The maximum atomic E-state index is 14.1. The van der Waals surface area contributed by atoms with Gasteiger partial charge in [-0.25, -0.2) is 18.9 Å². The van der Waals surface area contributed by atoms with Crippen molar-refractivity contribution in [1.29, 1.82) is 0 Å². The second-order valence-electron chi connectivity index (χ2n) is 14.5. The fourth-order valence-electron chi connectivity index (χ4n) is 8.33. The molecule has 2 saturated heterocycles. The number of hydrogen-bond donors (Lipinski definition) is 0. The zero-order chi connectivity index (χ0) is 36.1. The van der Waals surface area contributed by atoms with Crippen LogP contribution in [0.15, 0.2) is 79.0 Å². The van der Waals surface area contributed by atoms with Crippen LogP contribution in [0, 0.1) is 23.6 Å². The van der Waals surface area contributed by atoms with Gasteiger partial charge >= 0.3 is 0 Å². The molecular weight excluding hydrogens is 670 g/mol. The Balaban J connectivity index is 0.865. The SMILES string of the molecule is O=C1CCC(N2Cc3cc(C#CC4CCN(c5cccc(-c6cnc7ccc(N8CCC[C@@H]8c8cccc(F)c8)nn67)n5)CC4)ccc3C2=O)C(=O)C1. The van der Waals surface area contributed by atoms with Crippen molar-refractivity contribution in [1.82, 2.24) is 24.5 Å². The Morgan fingerprint density at radius 3 is 2.53 bits per heavy atom. The number of nitrogens with zero attached hydrogens (tertiary/aromatic N) is 7. The first-order valence-corrected chi connectivity index (χ1v) is 18.5. The van der Waals surface area contributed by atoms with Gasteiger partial charge in [-0.15, -0.1) is 5.10 Å². The second-order valence-corrected chi connectivity index (χ2v) is 14.5. The van der Waals surface area contributed by atoms with E-state index in [2.05, 4.69) is 26.6 Å². The molecule has 1 aliphatic carbocycles. The summed E-state index contributed by atoms with van der Waals surface area (Å²) in [5.41, 5.74) is 5.66. The van der Waals surface area contributed by atoms with Crippen LogP contribution < -0.4 is 9.80 Å². The topological polar surface area (TPSA) is 104 Å². The van der Waals surface area contributed by atoms with Gasteiger partial charge < -0.3 is 14.7 Å². The molecule has 0 N–H and O–H groups in total. The summed E-state index contributed by atoms with van der Waals surface area (Å²) >= 11 is 0. The van der Waals surface area contributed by atoms with E-state index in [1.807, 2.05) is 65.3 Å². The Bertz CT molecular complexity index is 2340. The summed E-state index contributed by atoms with van der Waals surface area (Å²) in [6.07, 6.45) is 6.24. The lowest BCUT2D eigenvalue weighted by Crippen LogP contribution is -2.44. The standard InChI is InChI=1S/C42H38FN7O3/c43-31-5-1-4-29(23-31)35-7-3-19-48(35)41-16-15-39-44-25-37(50(39)46-41)34-6-2-8-40(45-34)47-20-17-27(18-21-47)9-10-28-11-13-33-30(22-28)26-49(42(33)53)36-14-12-32(51)24-38(36)52/h1-2,4-6,8,11,13,15-16,22-23,25,27,35-36H,3,7,12,14,17-21,24,26H2/t35-,36?/m1/s1. The van der Waals surface area contributed by atoms with Gasteiger partial charge in [0.2, 0.25) is 0 Å². The number of Topliss-reactive ketones (excluding diaryl/α,β-unsaturated/α-hetero) is 2. The van der Waals surface area contributed by atoms with Crippen molar-refractivity contribution in [3.05, 3.63) is 107 Å². The molecule has 5 aromatic rings. The highest BCUT2D eigenvalue weighted by Gasteiger charge is 2.39. The van der Waals surface area contributed by atoms with Crippen molar-refractivity contribution in [2.75, 3.05) is 29.4 Å². The molecule has 3 fully saturated rings. The normalized spacial score (nSPS) is 20.6. The number of amides is 1. The van der Waals surface area contributed by atoms with Gasteiger partial charge in [-0.1, -0.05) is 30.0 Å². The number of carbonyl (C=O) groups is 3. The third-order valence-electron chi connectivity index (χ3n) is 11.1. The van der Waals surface area contributed by atoms with Crippen LogP contribution in [-0.4, -0.2) is 67.6 Å². The fraction of sp³-hybridized carbons (Fsp3) is 0.333. The average Bonchev–Trinajstić information content (AvgIpc) is 3.92. The molecule has 3 aliphatic heterocycles. The number of piperidine rings is 1. The van der Waals surface area contributed by atoms with Crippen molar-refractivity contribution in [3.8, 4) is 23.2 Å². The van der Waals surface area contributed by atoms with E-state index in [0.29, 0.717) is 24.9 Å². The fourth-order valence-corrected chi connectivity index (χ4v) is 8.33. The Kier molecular flexibility index (Phi) is 8.45. The lowest BCUT2D eigenvalue weighted by atomic mass is 9.92. The van der Waals surface area contributed by atoms with Gasteiger partial charge in [0.25, 0.3) is 5.91 Å². The van der Waals surface area contributed by atoms with Crippen LogP contribution in [0.4, 0.5) is 16.0 Å². The predicted molar refractivity (Wildman–Crippen MR) is 198 cm³/mol. The number of fused-ring (bicyclic) bond motifs is 2. The number of ketones is 2. The molecule has 266 valence electrons. The van der Waals surface area contributed by atoms with Crippen LogP contribution in [0.5, 0.6) is 0 Å². The molecule has 3 aromatic heterocycles. The van der Waals surface area contributed by atoms with Gasteiger partial charge in [-0.3, -0.25) is 14.4 Å². The molecule has 0 bridgehead atoms. The van der Waals surface area contributed by atoms with Gasteiger partial charge in [0.15, 0.2) is 11.4 Å². The van der Waals surface area contributed by atoms with Gasteiger partial charge in [0.05, 0.1) is 30.4 Å². The number of aromatic nitrogens is 4. The number of anilines is 2. The molecule has 1 saturated carbocycles. The van der Waals surface area contributed by atoms with Crippen molar-refractivity contribution >= 4 is 34.8 Å². The summed E-state index contributed by atoms with van der Waals surface area (Å²) in [7, 11) is 0. The van der Waals surface area contributed by atoms with Crippen LogP contribution in [0.1, 0.15) is 78.0 Å². The molecule has 0 spiro atoms. The van der Waals surface area contributed by atoms with E-state index in [9.17, 15) is 18.8 Å². The number of pyridine rings is 1. The van der Waals surface area contributed by atoms with Gasteiger partial charge in [-0.05, 0) is 97.8 Å².